The van der Waals surface area contributed by atoms with Gasteiger partial charge in [0.1, 0.15) is 0 Å². The quantitative estimate of drug-likeness (QED) is 0.347. The van der Waals surface area contributed by atoms with Crippen molar-refractivity contribution in [3.8, 4) is 17.6 Å². The number of piperidine rings is 1. The van der Waals surface area contributed by atoms with Crippen molar-refractivity contribution in [1.29, 1.82) is 0 Å². The lowest BCUT2D eigenvalue weighted by molar-refractivity contribution is 0.223. The Labute approximate surface area is 199 Å². The first-order chi connectivity index (χ1) is 16.8. The second kappa shape index (κ2) is 10.7. The lowest BCUT2D eigenvalue weighted by atomic mass is 10.1. The van der Waals surface area contributed by atoms with Gasteiger partial charge in [-0.25, -0.2) is 4.98 Å². The van der Waals surface area contributed by atoms with E-state index in [9.17, 15) is 0 Å². The Hall–Kier alpha value is -3.39. The van der Waals surface area contributed by atoms with Gasteiger partial charge in [0.05, 0.1) is 12.9 Å². The average Bonchev–Trinajstić information content (AvgIpc) is 3.52. The van der Waals surface area contributed by atoms with Crippen LogP contribution in [0.3, 0.4) is 0 Å². The molecule has 2 N–H and O–H groups in total. The zero-order valence-electron chi connectivity index (χ0n) is 19.5. The van der Waals surface area contributed by atoms with Gasteiger partial charge in [-0.2, -0.15) is 9.97 Å². The lowest BCUT2D eigenvalue weighted by Crippen LogP contribution is -2.30. The Bertz CT molecular complexity index is 1180. The zero-order chi connectivity index (χ0) is 23.2. The summed E-state index contributed by atoms with van der Waals surface area (Å²) in [4.78, 5) is 16.4. The van der Waals surface area contributed by atoms with E-state index in [0.717, 1.165) is 38.2 Å². The van der Waals surface area contributed by atoms with Crippen LogP contribution in [0.25, 0.3) is 22.7 Å². The second-order valence-electron chi connectivity index (χ2n) is 8.82. The van der Waals surface area contributed by atoms with E-state index in [2.05, 4.69) is 26.6 Å². The van der Waals surface area contributed by atoms with E-state index in [1.165, 1.54) is 37.9 Å². The van der Waals surface area contributed by atoms with Gasteiger partial charge < -0.3 is 24.4 Å². The molecular formula is C26H32N6O2. The normalized spacial score (nSPS) is 14.6. The van der Waals surface area contributed by atoms with E-state index in [1.54, 1.807) is 6.26 Å². The Morgan fingerprint density at radius 2 is 1.74 bits per heavy atom. The van der Waals surface area contributed by atoms with E-state index in [0.29, 0.717) is 29.3 Å². The number of benzene rings is 1. The number of unbranched alkanes of at least 4 members (excludes halogenated alkanes) is 1. The van der Waals surface area contributed by atoms with Crippen molar-refractivity contribution in [2.24, 2.45) is 0 Å². The van der Waals surface area contributed by atoms with Crippen molar-refractivity contribution >= 4 is 17.0 Å². The van der Waals surface area contributed by atoms with Crippen LogP contribution >= 0.6 is 0 Å². The number of hydrogen-bond acceptors (Lipinski definition) is 7. The minimum atomic E-state index is 0.279. The van der Waals surface area contributed by atoms with E-state index in [-0.39, 0.29) is 6.01 Å². The molecular weight excluding hydrogens is 428 g/mol. The van der Waals surface area contributed by atoms with Crippen molar-refractivity contribution in [2.45, 2.75) is 45.1 Å². The number of aryl methyl sites for hydroxylation is 1. The van der Waals surface area contributed by atoms with Gasteiger partial charge in [0.2, 0.25) is 0 Å². The Balaban J connectivity index is 1.33. The van der Waals surface area contributed by atoms with Crippen LogP contribution < -0.4 is 10.5 Å². The number of anilines is 1. The first-order valence-electron chi connectivity index (χ1n) is 12.2. The number of fused-ring (bicyclic) bond motifs is 1. The summed E-state index contributed by atoms with van der Waals surface area (Å²) in [6, 6.07) is 14.3. The standard InChI is InChI=1S/C26H32N6O2/c27-23-22-25(30-26(29-23)34-19-13-20-10-3-1-4-11-20)32(24(28-22)21-12-9-18-33-21)17-8-7-16-31-14-5-2-6-15-31/h1,3-4,9-12,18H,2,5-8,13-17,19H2,(H2,27,29,30). The highest BCUT2D eigenvalue weighted by Gasteiger charge is 2.20. The third-order valence-corrected chi connectivity index (χ3v) is 6.36. The number of furan rings is 1. The van der Waals surface area contributed by atoms with Gasteiger partial charge in [0, 0.05) is 13.0 Å². The minimum absolute atomic E-state index is 0.279. The van der Waals surface area contributed by atoms with Crippen LogP contribution in [0.15, 0.2) is 53.1 Å². The zero-order valence-corrected chi connectivity index (χ0v) is 19.5. The summed E-state index contributed by atoms with van der Waals surface area (Å²) in [5.74, 6) is 1.74. The van der Waals surface area contributed by atoms with Crippen LogP contribution in [0.2, 0.25) is 0 Å². The molecule has 0 bridgehead atoms. The number of likely N-dealkylation sites (tertiary alicyclic amines) is 1. The molecule has 4 heterocycles. The van der Waals surface area contributed by atoms with E-state index in [4.69, 9.17) is 24.9 Å². The summed E-state index contributed by atoms with van der Waals surface area (Å²) >= 11 is 0. The third-order valence-electron chi connectivity index (χ3n) is 6.36. The number of nitrogens with zero attached hydrogens (tertiary/aromatic N) is 5. The number of aromatic nitrogens is 4. The number of ether oxygens (including phenoxy) is 1. The Morgan fingerprint density at radius 3 is 2.53 bits per heavy atom. The van der Waals surface area contributed by atoms with Crippen LogP contribution in [0.1, 0.15) is 37.7 Å². The SMILES string of the molecule is Nc1nc(OCCc2ccccc2)nc2c1nc(-c1ccco1)n2CCCCN1CCCCC1. The van der Waals surface area contributed by atoms with E-state index in [1.807, 2.05) is 30.3 Å². The maximum atomic E-state index is 6.28. The maximum Gasteiger partial charge on any atom is 0.320 e. The maximum absolute atomic E-state index is 6.28. The summed E-state index contributed by atoms with van der Waals surface area (Å²) < 4.78 is 13.6. The fourth-order valence-electron chi connectivity index (χ4n) is 4.56. The largest absolute Gasteiger partial charge is 0.463 e. The molecule has 4 aromatic rings. The van der Waals surface area contributed by atoms with Crippen molar-refractivity contribution in [1.82, 2.24) is 24.4 Å². The fraction of sp³-hybridized carbons (Fsp3) is 0.423. The first-order valence-corrected chi connectivity index (χ1v) is 12.2. The highest BCUT2D eigenvalue weighted by atomic mass is 16.5. The van der Waals surface area contributed by atoms with Gasteiger partial charge in [-0.15, -0.1) is 0 Å². The van der Waals surface area contributed by atoms with Gasteiger partial charge in [-0.1, -0.05) is 36.8 Å². The number of rotatable bonds is 10. The molecule has 0 spiro atoms. The van der Waals surface area contributed by atoms with Crippen LogP contribution in [0, 0.1) is 0 Å². The molecule has 0 radical (unpaired) electrons. The topological polar surface area (TPSA) is 95.2 Å². The van der Waals surface area contributed by atoms with Gasteiger partial charge >= 0.3 is 6.01 Å². The predicted octanol–water partition coefficient (Wildman–Crippen LogP) is 4.56. The summed E-state index contributed by atoms with van der Waals surface area (Å²) in [5, 5.41) is 0. The van der Waals surface area contributed by atoms with E-state index < -0.39 is 0 Å². The van der Waals surface area contributed by atoms with Crippen molar-refractivity contribution in [3.05, 3.63) is 54.3 Å². The number of imidazole rings is 1. The predicted molar refractivity (Wildman–Crippen MR) is 133 cm³/mol. The molecule has 5 rings (SSSR count). The van der Waals surface area contributed by atoms with Gasteiger partial charge in [-0.3, -0.25) is 0 Å². The van der Waals surface area contributed by atoms with Gasteiger partial charge in [0.25, 0.3) is 0 Å². The fourth-order valence-corrected chi connectivity index (χ4v) is 4.56. The molecule has 1 aliphatic rings. The summed E-state index contributed by atoms with van der Waals surface area (Å²) in [6.45, 7) is 4.83. The van der Waals surface area contributed by atoms with E-state index >= 15 is 0 Å². The van der Waals surface area contributed by atoms with Crippen LogP contribution in [0.5, 0.6) is 6.01 Å². The van der Waals surface area contributed by atoms with Crippen LogP contribution in [0.4, 0.5) is 5.82 Å². The molecule has 178 valence electrons. The summed E-state index contributed by atoms with van der Waals surface area (Å²) in [6.07, 6.45) is 8.57. The minimum Gasteiger partial charge on any atom is -0.463 e. The number of nitrogen functional groups attached to an aromatic ring is 1. The lowest BCUT2D eigenvalue weighted by Gasteiger charge is -2.26. The molecule has 0 aliphatic carbocycles. The molecule has 0 amide bonds. The molecule has 3 aromatic heterocycles. The molecule has 1 aliphatic heterocycles. The smallest absolute Gasteiger partial charge is 0.320 e. The monoisotopic (exact) mass is 460 g/mol. The molecule has 1 saturated heterocycles. The highest BCUT2D eigenvalue weighted by molar-refractivity contribution is 5.85. The number of hydrogen-bond donors (Lipinski definition) is 1. The van der Waals surface area contributed by atoms with Crippen LogP contribution in [-0.4, -0.2) is 50.7 Å². The van der Waals surface area contributed by atoms with Gasteiger partial charge in [0.15, 0.2) is 28.6 Å². The van der Waals surface area contributed by atoms with Crippen molar-refractivity contribution < 1.29 is 9.15 Å². The number of nitrogens with two attached hydrogens (primary N) is 1. The first kappa shape index (κ1) is 22.4. The molecule has 1 fully saturated rings. The molecule has 1 aromatic carbocycles. The molecule has 34 heavy (non-hydrogen) atoms. The molecule has 8 nitrogen and oxygen atoms in total. The van der Waals surface area contributed by atoms with Crippen molar-refractivity contribution in [3.63, 3.8) is 0 Å². The molecule has 0 unspecified atom stereocenters. The molecule has 0 atom stereocenters. The van der Waals surface area contributed by atoms with Gasteiger partial charge in [-0.05, 0) is 63.0 Å². The van der Waals surface area contributed by atoms with Crippen LogP contribution in [-0.2, 0) is 13.0 Å². The second-order valence-corrected chi connectivity index (χ2v) is 8.82. The molecule has 8 heteroatoms. The average molecular weight is 461 g/mol. The Morgan fingerprint density at radius 1 is 0.912 bits per heavy atom. The third kappa shape index (κ3) is 5.22. The summed E-state index contributed by atoms with van der Waals surface area (Å²) in [5.41, 5.74) is 8.76. The molecule has 0 saturated carbocycles. The van der Waals surface area contributed by atoms with Crippen molar-refractivity contribution in [2.75, 3.05) is 32.0 Å². The highest BCUT2D eigenvalue weighted by Crippen LogP contribution is 2.28. The summed E-state index contributed by atoms with van der Waals surface area (Å²) in [7, 11) is 0. The Kier molecular flexibility index (Phi) is 7.05.